The van der Waals surface area contributed by atoms with Crippen LogP contribution >= 0.6 is 0 Å². The van der Waals surface area contributed by atoms with E-state index < -0.39 is 0 Å². The fourth-order valence-electron chi connectivity index (χ4n) is 9.28. The van der Waals surface area contributed by atoms with E-state index in [0.29, 0.717) is 35.8 Å². The number of nitrogens with two attached hydrogens (primary N) is 2. The summed E-state index contributed by atoms with van der Waals surface area (Å²) in [6, 6.07) is 0. The van der Waals surface area contributed by atoms with Crippen molar-refractivity contribution in [2.75, 3.05) is 53.5 Å². The maximum absolute atomic E-state index is 6.26. The smallest absolute Gasteiger partial charge is 0.0700 e. The second-order valence-electron chi connectivity index (χ2n) is 17.7. The van der Waals surface area contributed by atoms with Gasteiger partial charge < -0.3 is 30.7 Å². The standard InChI is InChI=1S/2C19H34N4O/c2*1-14-16(11-23(4)10-9-20)17(22-21-14)15-5-7-19(8-6-15)12-18(2,3)13-24-19/h2*15H,5-13,20H2,1-4H3,(H,21,22). The molecule has 2 aromatic rings. The fraction of sp³-hybridized carbons (Fsp3) is 0.842. The van der Waals surface area contributed by atoms with Gasteiger partial charge in [-0.2, -0.15) is 10.2 Å². The van der Waals surface area contributed by atoms with Gasteiger partial charge in [0, 0.05) is 73.6 Å². The number of ether oxygens (including phenoxy) is 2. The minimum atomic E-state index is 0.141. The van der Waals surface area contributed by atoms with Gasteiger partial charge in [0.15, 0.2) is 0 Å². The molecule has 2 aliphatic heterocycles. The molecule has 6 rings (SSSR count). The number of rotatable bonds is 10. The van der Waals surface area contributed by atoms with Crippen LogP contribution in [0.2, 0.25) is 0 Å². The lowest BCUT2D eigenvalue weighted by molar-refractivity contribution is -0.0298. The lowest BCUT2D eigenvalue weighted by Crippen LogP contribution is -2.34. The summed E-state index contributed by atoms with van der Waals surface area (Å²) < 4.78 is 12.5. The van der Waals surface area contributed by atoms with Crippen molar-refractivity contribution < 1.29 is 9.47 Å². The summed E-state index contributed by atoms with van der Waals surface area (Å²) in [6.07, 6.45) is 11.9. The van der Waals surface area contributed by atoms with E-state index >= 15 is 0 Å². The highest BCUT2D eigenvalue weighted by Gasteiger charge is 2.48. The van der Waals surface area contributed by atoms with Gasteiger partial charge in [0.1, 0.15) is 0 Å². The molecule has 0 amide bonds. The van der Waals surface area contributed by atoms with Gasteiger partial charge in [-0.05, 0) is 103 Å². The van der Waals surface area contributed by atoms with Crippen molar-refractivity contribution in [3.63, 3.8) is 0 Å². The van der Waals surface area contributed by atoms with Crippen LogP contribution in [-0.4, -0.2) is 94.9 Å². The molecule has 0 radical (unpaired) electrons. The Bertz CT molecular complexity index is 1220. The number of hydrogen-bond acceptors (Lipinski definition) is 8. The first-order valence-electron chi connectivity index (χ1n) is 18.8. The second-order valence-corrected chi connectivity index (χ2v) is 17.7. The van der Waals surface area contributed by atoms with Crippen LogP contribution in [0.25, 0.3) is 0 Å². The normalized spacial score (nSPS) is 29.7. The molecule has 10 heteroatoms. The fourth-order valence-corrected chi connectivity index (χ4v) is 9.28. The monoisotopic (exact) mass is 669 g/mol. The van der Waals surface area contributed by atoms with Crippen LogP contribution in [0.15, 0.2) is 0 Å². The number of aryl methyl sites for hydroxylation is 2. The molecule has 2 aliphatic carbocycles. The van der Waals surface area contributed by atoms with Crippen molar-refractivity contribution >= 4 is 0 Å². The zero-order valence-corrected chi connectivity index (χ0v) is 31.6. The number of nitrogens with one attached hydrogen (secondary N) is 2. The molecule has 0 bridgehead atoms. The van der Waals surface area contributed by atoms with Crippen LogP contribution in [-0.2, 0) is 22.6 Å². The summed E-state index contributed by atoms with van der Waals surface area (Å²) in [5, 5.41) is 15.8. The lowest BCUT2D eigenvalue weighted by Gasteiger charge is -2.37. The van der Waals surface area contributed by atoms with E-state index in [4.69, 9.17) is 20.9 Å². The SMILES string of the molecule is Cc1[nH]nc(C2CCC3(CC2)CC(C)(C)CO3)c1CN(C)CCN.Cc1[nH]nc(C2CCC3(CC2)CC(C)(C)CO3)c1CN(C)CCN. The van der Waals surface area contributed by atoms with E-state index in [1.54, 1.807) is 0 Å². The molecular weight excluding hydrogens is 600 g/mol. The van der Waals surface area contributed by atoms with Gasteiger partial charge in [-0.1, -0.05) is 27.7 Å². The predicted molar refractivity (Wildman–Crippen MR) is 194 cm³/mol. The first-order chi connectivity index (χ1) is 22.7. The minimum absolute atomic E-state index is 0.141. The number of H-pyrrole nitrogens is 2. The Morgan fingerprint density at radius 3 is 1.31 bits per heavy atom. The quantitative estimate of drug-likeness (QED) is 0.246. The molecule has 6 N–H and O–H groups in total. The van der Waals surface area contributed by atoms with Crippen LogP contribution in [0, 0.1) is 24.7 Å². The zero-order chi connectivity index (χ0) is 34.7. The van der Waals surface area contributed by atoms with Crippen LogP contribution in [0.5, 0.6) is 0 Å². The molecule has 2 aromatic heterocycles. The average Bonchev–Trinajstić information content (AvgIpc) is 3.75. The molecule has 272 valence electrons. The molecule has 10 nitrogen and oxygen atoms in total. The first-order valence-corrected chi connectivity index (χ1v) is 18.8. The summed E-state index contributed by atoms with van der Waals surface area (Å²) in [4.78, 5) is 4.57. The third-order valence-electron chi connectivity index (χ3n) is 11.8. The maximum Gasteiger partial charge on any atom is 0.0700 e. The van der Waals surface area contributed by atoms with Crippen molar-refractivity contribution in [3.05, 3.63) is 33.9 Å². The van der Waals surface area contributed by atoms with Crippen molar-refractivity contribution in [1.82, 2.24) is 30.2 Å². The molecule has 4 fully saturated rings. The van der Waals surface area contributed by atoms with Gasteiger partial charge in [0.25, 0.3) is 0 Å². The van der Waals surface area contributed by atoms with Gasteiger partial charge in [0.2, 0.25) is 0 Å². The molecule has 2 spiro atoms. The third kappa shape index (κ3) is 8.90. The van der Waals surface area contributed by atoms with E-state index in [1.165, 1.54) is 98.1 Å². The largest absolute Gasteiger partial charge is 0.374 e. The second kappa shape index (κ2) is 15.2. The highest BCUT2D eigenvalue weighted by molar-refractivity contribution is 5.29. The topological polar surface area (TPSA) is 134 Å². The third-order valence-corrected chi connectivity index (χ3v) is 11.8. The van der Waals surface area contributed by atoms with Crippen molar-refractivity contribution in [2.45, 2.75) is 142 Å². The highest BCUT2D eigenvalue weighted by Crippen LogP contribution is 2.51. The molecular formula is C38H68N8O2. The number of hydrogen-bond donors (Lipinski definition) is 4. The van der Waals surface area contributed by atoms with E-state index in [2.05, 4.69) is 85.8 Å². The van der Waals surface area contributed by atoms with Crippen LogP contribution in [0.1, 0.15) is 138 Å². The molecule has 0 unspecified atom stereocenters. The van der Waals surface area contributed by atoms with Gasteiger partial charge in [-0.15, -0.1) is 0 Å². The molecule has 4 heterocycles. The number of aromatic nitrogens is 4. The Kier molecular flexibility index (Phi) is 11.9. The van der Waals surface area contributed by atoms with Crippen molar-refractivity contribution in [3.8, 4) is 0 Å². The lowest BCUT2D eigenvalue weighted by atomic mass is 9.72. The van der Waals surface area contributed by atoms with Gasteiger partial charge in [-0.3, -0.25) is 10.2 Å². The van der Waals surface area contributed by atoms with Crippen molar-refractivity contribution in [1.29, 1.82) is 0 Å². The average molecular weight is 669 g/mol. The van der Waals surface area contributed by atoms with Crippen LogP contribution in [0.3, 0.4) is 0 Å². The molecule has 4 aliphatic rings. The summed E-state index contributed by atoms with van der Waals surface area (Å²) in [6.45, 7) is 20.5. The van der Waals surface area contributed by atoms with Gasteiger partial charge in [0.05, 0.1) is 35.8 Å². The Balaban J connectivity index is 0.000000188. The van der Waals surface area contributed by atoms with Gasteiger partial charge in [-0.25, -0.2) is 0 Å². The molecule has 2 saturated heterocycles. The molecule has 0 aromatic carbocycles. The summed E-state index contributed by atoms with van der Waals surface area (Å²) in [5.74, 6) is 1.13. The zero-order valence-electron chi connectivity index (χ0n) is 31.6. The number of nitrogens with zero attached hydrogens (tertiary/aromatic N) is 4. The predicted octanol–water partition coefficient (Wildman–Crippen LogP) is 5.90. The Morgan fingerprint density at radius 1 is 0.667 bits per heavy atom. The summed E-state index contributed by atoms with van der Waals surface area (Å²) in [5.41, 5.74) is 20.0. The van der Waals surface area contributed by atoms with Gasteiger partial charge >= 0.3 is 0 Å². The Morgan fingerprint density at radius 2 is 1.02 bits per heavy atom. The Hall–Kier alpha value is -1.82. The Labute approximate surface area is 290 Å². The van der Waals surface area contributed by atoms with Crippen molar-refractivity contribution in [2.24, 2.45) is 22.3 Å². The van der Waals surface area contributed by atoms with E-state index in [9.17, 15) is 0 Å². The summed E-state index contributed by atoms with van der Waals surface area (Å²) in [7, 11) is 4.26. The first kappa shape index (κ1) is 37.4. The van der Waals surface area contributed by atoms with Crippen LogP contribution < -0.4 is 11.5 Å². The van der Waals surface area contributed by atoms with E-state index in [1.807, 2.05) is 0 Å². The van der Waals surface area contributed by atoms with Crippen LogP contribution in [0.4, 0.5) is 0 Å². The van der Waals surface area contributed by atoms with E-state index in [-0.39, 0.29) is 11.2 Å². The maximum atomic E-state index is 6.26. The number of aromatic amines is 2. The highest BCUT2D eigenvalue weighted by atomic mass is 16.5. The summed E-state index contributed by atoms with van der Waals surface area (Å²) >= 11 is 0. The minimum Gasteiger partial charge on any atom is -0.374 e. The number of likely N-dealkylation sites (N-methyl/N-ethyl adjacent to an activating group) is 2. The molecule has 2 saturated carbocycles. The molecule has 48 heavy (non-hydrogen) atoms. The molecule has 0 atom stereocenters. The van der Waals surface area contributed by atoms with E-state index in [0.717, 1.165) is 39.4 Å².